The van der Waals surface area contributed by atoms with Crippen LogP contribution in [0.25, 0.3) is 0 Å². The summed E-state index contributed by atoms with van der Waals surface area (Å²) in [6.45, 7) is 3.41. The van der Waals surface area contributed by atoms with Crippen molar-refractivity contribution in [2.45, 2.75) is 20.0 Å². The van der Waals surface area contributed by atoms with Crippen molar-refractivity contribution in [3.63, 3.8) is 0 Å². The van der Waals surface area contributed by atoms with Crippen LogP contribution in [0.3, 0.4) is 0 Å². The van der Waals surface area contributed by atoms with Crippen LogP contribution in [0.1, 0.15) is 13.8 Å². The minimum Gasteiger partial charge on any atom is -0.460 e. The summed E-state index contributed by atoms with van der Waals surface area (Å²) in [5, 5.41) is 8.25. The molecule has 0 saturated heterocycles. The van der Waals surface area contributed by atoms with E-state index in [1.165, 1.54) is 12.2 Å². The van der Waals surface area contributed by atoms with Crippen molar-refractivity contribution in [3.05, 3.63) is 12.2 Å². The Kier molecular flexibility index (Phi) is 4.58. The van der Waals surface area contributed by atoms with Gasteiger partial charge in [-0.3, -0.25) is 0 Å². The minimum atomic E-state index is -0.413. The zero-order valence-electron chi connectivity index (χ0n) is 6.20. The highest BCUT2D eigenvalue weighted by Crippen LogP contribution is 1.89. The van der Waals surface area contributed by atoms with Gasteiger partial charge in [-0.05, 0) is 13.8 Å². The van der Waals surface area contributed by atoms with Crippen LogP contribution in [0, 0.1) is 0 Å². The molecule has 58 valence electrons. The molecule has 3 nitrogen and oxygen atoms in total. The van der Waals surface area contributed by atoms with Gasteiger partial charge in [-0.25, -0.2) is 4.79 Å². The molecule has 0 aromatic carbocycles. The average Bonchev–Trinajstić information content (AvgIpc) is 1.82. The fraction of sp³-hybridized carbons (Fsp3) is 0.571. The van der Waals surface area contributed by atoms with E-state index in [-0.39, 0.29) is 12.7 Å². The number of aliphatic hydroxyl groups excluding tert-OH is 1. The van der Waals surface area contributed by atoms with Crippen molar-refractivity contribution in [2.24, 2.45) is 0 Å². The Bertz CT molecular complexity index is 127. The topological polar surface area (TPSA) is 46.5 Å². The zero-order valence-corrected chi connectivity index (χ0v) is 6.20. The van der Waals surface area contributed by atoms with E-state index in [4.69, 9.17) is 9.84 Å². The Balaban J connectivity index is 3.54. The molecule has 0 aliphatic rings. The van der Waals surface area contributed by atoms with Crippen molar-refractivity contribution in [1.29, 1.82) is 0 Å². The highest BCUT2D eigenvalue weighted by atomic mass is 16.5. The first-order chi connectivity index (χ1) is 4.66. The summed E-state index contributed by atoms with van der Waals surface area (Å²) >= 11 is 0. The van der Waals surface area contributed by atoms with Gasteiger partial charge in [0.25, 0.3) is 0 Å². The van der Waals surface area contributed by atoms with Crippen molar-refractivity contribution < 1.29 is 14.6 Å². The second-order valence-electron chi connectivity index (χ2n) is 2.07. The minimum absolute atomic E-state index is 0.101. The summed E-state index contributed by atoms with van der Waals surface area (Å²) in [4.78, 5) is 10.6. The quantitative estimate of drug-likeness (QED) is 0.463. The van der Waals surface area contributed by atoms with E-state index in [0.717, 1.165) is 0 Å². The van der Waals surface area contributed by atoms with Gasteiger partial charge in [-0.15, -0.1) is 0 Å². The van der Waals surface area contributed by atoms with Gasteiger partial charge in [-0.2, -0.15) is 0 Å². The molecule has 10 heavy (non-hydrogen) atoms. The third-order valence-electron chi connectivity index (χ3n) is 0.711. The van der Waals surface area contributed by atoms with E-state index in [1.807, 2.05) is 0 Å². The molecule has 0 radical (unpaired) electrons. The molecule has 0 fully saturated rings. The number of esters is 1. The molecule has 0 amide bonds. The van der Waals surface area contributed by atoms with E-state index < -0.39 is 5.97 Å². The molecule has 0 saturated carbocycles. The Morgan fingerprint density at radius 3 is 2.70 bits per heavy atom. The smallest absolute Gasteiger partial charge is 0.330 e. The lowest BCUT2D eigenvalue weighted by Crippen LogP contribution is -2.08. The van der Waals surface area contributed by atoms with Gasteiger partial charge in [0.15, 0.2) is 0 Å². The lowest BCUT2D eigenvalue weighted by Gasteiger charge is -2.03. The molecule has 0 bridgehead atoms. The van der Waals surface area contributed by atoms with E-state index in [1.54, 1.807) is 13.8 Å². The van der Waals surface area contributed by atoms with Crippen LogP contribution >= 0.6 is 0 Å². The second-order valence-corrected chi connectivity index (χ2v) is 2.07. The standard InChI is InChI=1S/C7H12O3/c1-6(2)10-7(9)4-3-5-8/h3-4,6,8H,5H2,1-2H3/b4-3+. The fourth-order valence-electron chi connectivity index (χ4n) is 0.421. The van der Waals surface area contributed by atoms with Crippen LogP contribution in [0.15, 0.2) is 12.2 Å². The molecule has 1 N–H and O–H groups in total. The predicted octanol–water partition coefficient (Wildman–Crippen LogP) is 0.486. The van der Waals surface area contributed by atoms with Gasteiger partial charge in [0.05, 0.1) is 12.7 Å². The summed E-state index contributed by atoms with van der Waals surface area (Å²) in [7, 11) is 0. The predicted molar refractivity (Wildman–Crippen MR) is 37.5 cm³/mol. The molecular weight excluding hydrogens is 132 g/mol. The van der Waals surface area contributed by atoms with Gasteiger partial charge in [0, 0.05) is 6.08 Å². The van der Waals surface area contributed by atoms with E-state index in [0.29, 0.717) is 0 Å². The van der Waals surface area contributed by atoms with Gasteiger partial charge in [0.2, 0.25) is 0 Å². The van der Waals surface area contributed by atoms with Crippen molar-refractivity contribution in [2.75, 3.05) is 6.61 Å². The summed E-state index contributed by atoms with van der Waals surface area (Å²) in [5.74, 6) is -0.413. The van der Waals surface area contributed by atoms with Gasteiger partial charge < -0.3 is 9.84 Å². The summed E-state index contributed by atoms with van der Waals surface area (Å²) in [6.07, 6.45) is 2.45. The first-order valence-electron chi connectivity index (χ1n) is 3.15. The fourth-order valence-corrected chi connectivity index (χ4v) is 0.421. The molecule has 0 rings (SSSR count). The normalized spacial score (nSPS) is 10.8. The molecule has 0 aromatic rings. The van der Waals surface area contributed by atoms with Crippen molar-refractivity contribution >= 4 is 5.97 Å². The van der Waals surface area contributed by atoms with Gasteiger partial charge in [-0.1, -0.05) is 6.08 Å². The third kappa shape index (κ3) is 5.31. The highest BCUT2D eigenvalue weighted by Gasteiger charge is 1.97. The SMILES string of the molecule is CC(C)OC(=O)/C=C/CO. The van der Waals surface area contributed by atoms with E-state index in [9.17, 15) is 4.79 Å². The Labute approximate surface area is 60.3 Å². The van der Waals surface area contributed by atoms with Crippen molar-refractivity contribution in [1.82, 2.24) is 0 Å². The Morgan fingerprint density at radius 2 is 2.30 bits per heavy atom. The number of rotatable bonds is 3. The van der Waals surface area contributed by atoms with Gasteiger partial charge in [0.1, 0.15) is 0 Å². The number of ether oxygens (including phenoxy) is 1. The first kappa shape index (κ1) is 9.17. The maximum atomic E-state index is 10.6. The van der Waals surface area contributed by atoms with E-state index >= 15 is 0 Å². The summed E-state index contributed by atoms with van der Waals surface area (Å²) in [5.41, 5.74) is 0. The molecule has 0 spiro atoms. The van der Waals surface area contributed by atoms with Crippen molar-refractivity contribution in [3.8, 4) is 0 Å². The third-order valence-corrected chi connectivity index (χ3v) is 0.711. The molecule has 0 aliphatic heterocycles. The molecule has 0 unspecified atom stereocenters. The molecule has 0 aliphatic carbocycles. The average molecular weight is 144 g/mol. The van der Waals surface area contributed by atoms with Gasteiger partial charge >= 0.3 is 5.97 Å². The Hall–Kier alpha value is -0.830. The highest BCUT2D eigenvalue weighted by molar-refractivity contribution is 5.81. The lowest BCUT2D eigenvalue weighted by molar-refractivity contribution is -0.141. The molecule has 0 heterocycles. The second kappa shape index (κ2) is 4.99. The maximum absolute atomic E-state index is 10.6. The molecular formula is C7H12O3. The number of hydrogen-bond donors (Lipinski definition) is 1. The van der Waals surface area contributed by atoms with E-state index in [2.05, 4.69) is 0 Å². The summed E-state index contributed by atoms with van der Waals surface area (Å²) < 4.78 is 4.72. The Morgan fingerprint density at radius 1 is 1.70 bits per heavy atom. The lowest BCUT2D eigenvalue weighted by atomic mass is 10.4. The van der Waals surface area contributed by atoms with Crippen LogP contribution in [0.5, 0.6) is 0 Å². The van der Waals surface area contributed by atoms with Crippen LogP contribution in [-0.4, -0.2) is 23.8 Å². The van der Waals surface area contributed by atoms with Crippen LogP contribution < -0.4 is 0 Å². The number of carbonyl (C=O) groups is 1. The number of carbonyl (C=O) groups excluding carboxylic acids is 1. The van der Waals surface area contributed by atoms with Crippen LogP contribution in [0.4, 0.5) is 0 Å². The summed E-state index contributed by atoms with van der Waals surface area (Å²) in [6, 6.07) is 0. The monoisotopic (exact) mass is 144 g/mol. The number of aliphatic hydroxyl groups is 1. The largest absolute Gasteiger partial charge is 0.460 e. The van der Waals surface area contributed by atoms with Crippen LogP contribution in [0.2, 0.25) is 0 Å². The molecule has 3 heteroatoms. The zero-order chi connectivity index (χ0) is 7.98. The molecule has 0 atom stereocenters. The van der Waals surface area contributed by atoms with Crippen LogP contribution in [-0.2, 0) is 9.53 Å². The molecule has 0 aromatic heterocycles. The maximum Gasteiger partial charge on any atom is 0.330 e. The first-order valence-corrected chi connectivity index (χ1v) is 3.15. The number of hydrogen-bond acceptors (Lipinski definition) is 3.